The van der Waals surface area contributed by atoms with Gasteiger partial charge in [0.1, 0.15) is 0 Å². The van der Waals surface area contributed by atoms with E-state index in [9.17, 15) is 13.5 Å². The lowest BCUT2D eigenvalue weighted by Crippen LogP contribution is -2.39. The average Bonchev–Trinajstić information content (AvgIpc) is 2.57. The van der Waals surface area contributed by atoms with Crippen LogP contribution in [0.1, 0.15) is 51.3 Å². The number of guanidine groups is 1. The monoisotopic (exact) mass is 526 g/mol. The summed E-state index contributed by atoms with van der Waals surface area (Å²) in [5.41, 5.74) is 2.13. The molecule has 162 valence electrons. The van der Waals surface area contributed by atoms with Crippen molar-refractivity contribution in [3.05, 3.63) is 35.4 Å². The zero-order valence-corrected chi connectivity index (χ0v) is 20.6. The van der Waals surface area contributed by atoms with Crippen LogP contribution in [0.5, 0.6) is 0 Å². The number of nitrogens with one attached hydrogen (secondary N) is 3. The molecule has 0 bridgehead atoms. The summed E-state index contributed by atoms with van der Waals surface area (Å²) in [6.45, 7) is 10.3. The summed E-state index contributed by atoms with van der Waals surface area (Å²) in [7, 11) is -3.16. The minimum atomic E-state index is -3.16. The molecular formula is C19H35IN4O3S. The van der Waals surface area contributed by atoms with Gasteiger partial charge in [-0.3, -0.25) is 4.99 Å². The number of halogens is 1. The fourth-order valence-corrected chi connectivity index (χ4v) is 2.90. The highest BCUT2D eigenvalue weighted by Crippen LogP contribution is 2.24. The van der Waals surface area contributed by atoms with E-state index in [4.69, 9.17) is 0 Å². The number of aliphatic hydroxyl groups excluding tert-OH is 1. The number of benzene rings is 1. The van der Waals surface area contributed by atoms with Crippen molar-refractivity contribution in [1.29, 1.82) is 0 Å². The third kappa shape index (κ3) is 11.2. The van der Waals surface area contributed by atoms with E-state index in [0.29, 0.717) is 32.0 Å². The highest BCUT2D eigenvalue weighted by Gasteiger charge is 2.14. The van der Waals surface area contributed by atoms with Crippen LogP contribution in [0.25, 0.3) is 0 Å². The maximum Gasteiger partial charge on any atom is 0.208 e. The lowest BCUT2D eigenvalue weighted by molar-refractivity contribution is 0.187. The molecule has 0 radical (unpaired) electrons. The van der Waals surface area contributed by atoms with E-state index in [-0.39, 0.29) is 35.9 Å². The van der Waals surface area contributed by atoms with Gasteiger partial charge in [-0.1, -0.05) is 45.0 Å². The van der Waals surface area contributed by atoms with E-state index in [0.717, 1.165) is 11.8 Å². The number of hydrogen-bond donors (Lipinski definition) is 4. The summed E-state index contributed by atoms with van der Waals surface area (Å²) >= 11 is 0. The highest BCUT2D eigenvalue weighted by atomic mass is 127. The van der Waals surface area contributed by atoms with Gasteiger partial charge in [-0.2, -0.15) is 0 Å². The summed E-state index contributed by atoms with van der Waals surface area (Å²) in [5.74, 6) is 0.599. The first-order valence-electron chi connectivity index (χ1n) is 9.28. The molecule has 9 heteroatoms. The van der Waals surface area contributed by atoms with E-state index >= 15 is 0 Å². The largest absolute Gasteiger partial charge is 0.386 e. The SMILES string of the molecule is CCNC(=NCC(O)c1ccc(C(C)(C)C)cc1)NCCCNS(C)(=O)=O.I. The molecule has 0 aromatic heterocycles. The van der Waals surface area contributed by atoms with Gasteiger partial charge >= 0.3 is 0 Å². The Kier molecular flexibility index (Phi) is 12.2. The molecule has 0 spiro atoms. The summed E-state index contributed by atoms with van der Waals surface area (Å²) < 4.78 is 24.5. The van der Waals surface area contributed by atoms with E-state index in [1.807, 2.05) is 31.2 Å². The second-order valence-corrected chi connectivity index (χ2v) is 9.39. The molecule has 0 fully saturated rings. The average molecular weight is 526 g/mol. The summed E-state index contributed by atoms with van der Waals surface area (Å²) in [5, 5.41) is 16.6. The Morgan fingerprint density at radius 2 is 1.75 bits per heavy atom. The van der Waals surface area contributed by atoms with Gasteiger partial charge in [-0.15, -0.1) is 24.0 Å². The van der Waals surface area contributed by atoms with Crippen molar-refractivity contribution in [3.63, 3.8) is 0 Å². The topological polar surface area (TPSA) is 103 Å². The van der Waals surface area contributed by atoms with Crippen molar-refractivity contribution >= 4 is 40.0 Å². The Morgan fingerprint density at radius 1 is 1.14 bits per heavy atom. The van der Waals surface area contributed by atoms with Crippen molar-refractivity contribution in [2.24, 2.45) is 4.99 Å². The van der Waals surface area contributed by atoms with Crippen LogP contribution in [0.15, 0.2) is 29.3 Å². The van der Waals surface area contributed by atoms with Crippen LogP contribution < -0.4 is 15.4 Å². The molecule has 4 N–H and O–H groups in total. The summed E-state index contributed by atoms with van der Waals surface area (Å²) in [4.78, 5) is 4.41. The molecule has 0 heterocycles. The molecule has 28 heavy (non-hydrogen) atoms. The van der Waals surface area contributed by atoms with E-state index in [1.165, 1.54) is 5.56 Å². The lowest BCUT2D eigenvalue weighted by Gasteiger charge is -2.20. The Hall–Kier alpha value is -0.910. The minimum absolute atomic E-state index is 0. The van der Waals surface area contributed by atoms with Crippen molar-refractivity contribution in [2.45, 2.75) is 45.6 Å². The molecule has 0 aliphatic rings. The van der Waals surface area contributed by atoms with Crippen molar-refractivity contribution in [1.82, 2.24) is 15.4 Å². The van der Waals surface area contributed by atoms with E-state index in [1.54, 1.807) is 0 Å². The van der Waals surface area contributed by atoms with Crippen molar-refractivity contribution in [3.8, 4) is 0 Å². The van der Waals surface area contributed by atoms with Gasteiger partial charge in [0.2, 0.25) is 10.0 Å². The van der Waals surface area contributed by atoms with E-state index < -0.39 is 16.1 Å². The van der Waals surface area contributed by atoms with Crippen molar-refractivity contribution in [2.75, 3.05) is 32.4 Å². The second-order valence-electron chi connectivity index (χ2n) is 7.55. The zero-order chi connectivity index (χ0) is 20.5. The van der Waals surface area contributed by atoms with Crippen LogP contribution in [0, 0.1) is 0 Å². The molecule has 1 aromatic rings. The Labute approximate surface area is 186 Å². The number of hydrogen-bond acceptors (Lipinski definition) is 4. The maximum atomic E-state index is 11.0. The minimum Gasteiger partial charge on any atom is -0.386 e. The first kappa shape index (κ1) is 27.1. The Morgan fingerprint density at radius 3 is 2.25 bits per heavy atom. The Balaban J connectivity index is 0.00000729. The maximum absolute atomic E-state index is 11.0. The van der Waals surface area contributed by atoms with Crippen LogP contribution in [0.4, 0.5) is 0 Å². The molecule has 1 atom stereocenters. The van der Waals surface area contributed by atoms with Gasteiger partial charge < -0.3 is 15.7 Å². The Bertz CT molecular complexity index is 701. The highest BCUT2D eigenvalue weighted by molar-refractivity contribution is 14.0. The third-order valence-electron chi connectivity index (χ3n) is 3.94. The van der Waals surface area contributed by atoms with Gasteiger partial charge in [-0.05, 0) is 29.9 Å². The van der Waals surface area contributed by atoms with Crippen LogP contribution in [-0.2, 0) is 15.4 Å². The summed E-state index contributed by atoms with van der Waals surface area (Å²) in [6.07, 6.45) is 1.09. The standard InChI is InChI=1S/C19H34N4O3S.HI/c1-6-20-18(21-12-7-13-23-27(5,25)26)22-14-17(24)15-8-10-16(11-9-15)19(2,3)4;/h8-11,17,23-24H,6-7,12-14H2,1-5H3,(H2,20,21,22);1H. The number of nitrogens with zero attached hydrogens (tertiary/aromatic N) is 1. The fourth-order valence-electron chi connectivity index (χ4n) is 2.38. The normalized spacial score (nSPS) is 13.6. The van der Waals surface area contributed by atoms with Crippen LogP contribution in [0.2, 0.25) is 0 Å². The van der Waals surface area contributed by atoms with E-state index in [2.05, 4.69) is 41.1 Å². The number of aliphatic imine (C=N–C) groups is 1. The predicted octanol–water partition coefficient (Wildman–Crippen LogP) is 2.13. The molecule has 7 nitrogen and oxygen atoms in total. The molecule has 1 aromatic carbocycles. The van der Waals surface area contributed by atoms with Crippen LogP contribution >= 0.6 is 24.0 Å². The van der Waals surface area contributed by atoms with Crippen molar-refractivity contribution < 1.29 is 13.5 Å². The van der Waals surface area contributed by atoms with Crippen LogP contribution in [0.3, 0.4) is 0 Å². The molecule has 1 unspecified atom stereocenters. The molecule has 0 aliphatic heterocycles. The zero-order valence-electron chi connectivity index (χ0n) is 17.4. The first-order valence-corrected chi connectivity index (χ1v) is 11.2. The second kappa shape index (κ2) is 12.6. The molecule has 0 aliphatic carbocycles. The van der Waals surface area contributed by atoms with Gasteiger partial charge in [0.05, 0.1) is 18.9 Å². The fraction of sp³-hybridized carbons (Fsp3) is 0.632. The third-order valence-corrected chi connectivity index (χ3v) is 4.67. The smallest absolute Gasteiger partial charge is 0.208 e. The quantitative estimate of drug-likeness (QED) is 0.171. The lowest BCUT2D eigenvalue weighted by atomic mass is 9.86. The summed E-state index contributed by atoms with van der Waals surface area (Å²) in [6, 6.07) is 7.97. The number of aliphatic hydroxyl groups is 1. The van der Waals surface area contributed by atoms with Crippen LogP contribution in [-0.4, -0.2) is 51.9 Å². The molecule has 1 rings (SSSR count). The molecular weight excluding hydrogens is 491 g/mol. The molecule has 0 amide bonds. The molecule has 0 saturated carbocycles. The number of rotatable bonds is 9. The molecule has 0 saturated heterocycles. The first-order chi connectivity index (χ1) is 12.5. The predicted molar refractivity (Wildman–Crippen MR) is 127 cm³/mol. The van der Waals surface area contributed by atoms with Gasteiger partial charge in [0.25, 0.3) is 0 Å². The van der Waals surface area contributed by atoms with Gasteiger partial charge in [-0.25, -0.2) is 13.1 Å². The van der Waals surface area contributed by atoms with Gasteiger partial charge in [0.15, 0.2) is 5.96 Å². The number of sulfonamides is 1. The van der Waals surface area contributed by atoms with Gasteiger partial charge in [0, 0.05) is 19.6 Å².